The highest BCUT2D eigenvalue weighted by atomic mass is 32.1. The van der Waals surface area contributed by atoms with Crippen LogP contribution in [0.2, 0.25) is 0 Å². The summed E-state index contributed by atoms with van der Waals surface area (Å²) in [6.07, 6.45) is 3.70. The Morgan fingerprint density at radius 3 is 3.12 bits per heavy atom. The second kappa shape index (κ2) is 8.04. The minimum Gasteiger partial charge on any atom is -0.382 e. The fourth-order valence-electron chi connectivity index (χ4n) is 3.14. The van der Waals surface area contributed by atoms with Crippen molar-refractivity contribution in [3.63, 3.8) is 0 Å². The number of ether oxygens (including phenoxy) is 1. The van der Waals surface area contributed by atoms with Gasteiger partial charge in [-0.1, -0.05) is 18.3 Å². The highest BCUT2D eigenvalue weighted by Crippen LogP contribution is 2.23. The van der Waals surface area contributed by atoms with Crippen molar-refractivity contribution in [2.75, 3.05) is 38.2 Å². The summed E-state index contributed by atoms with van der Waals surface area (Å²) in [6.45, 7) is 9.19. The summed E-state index contributed by atoms with van der Waals surface area (Å²) >= 11 is 1.43. The maximum absolute atomic E-state index is 11.8. The zero-order valence-corrected chi connectivity index (χ0v) is 15.1. The molecule has 8 heteroatoms. The van der Waals surface area contributed by atoms with Crippen molar-refractivity contribution in [2.24, 2.45) is 5.92 Å². The fourth-order valence-corrected chi connectivity index (χ4v) is 3.98. The molecule has 2 unspecified atom stereocenters. The third-order valence-corrected chi connectivity index (χ3v) is 5.29. The van der Waals surface area contributed by atoms with Gasteiger partial charge in [-0.25, -0.2) is 4.98 Å². The van der Waals surface area contributed by atoms with Crippen LogP contribution in [0.25, 0.3) is 4.96 Å². The van der Waals surface area contributed by atoms with Crippen LogP contribution in [0.4, 0.5) is 5.13 Å². The zero-order valence-electron chi connectivity index (χ0n) is 14.3. The maximum Gasteiger partial charge on any atom is 0.275 e. The van der Waals surface area contributed by atoms with Crippen LogP contribution < -0.4 is 10.9 Å². The lowest BCUT2D eigenvalue weighted by atomic mass is 9.94. The first-order valence-electron chi connectivity index (χ1n) is 8.59. The molecule has 3 heterocycles. The number of fused-ring (bicyclic) bond motifs is 1. The van der Waals surface area contributed by atoms with Gasteiger partial charge in [-0.15, -0.1) is 5.10 Å². The number of hydrogen-bond donors (Lipinski definition) is 1. The molecule has 0 aliphatic carbocycles. The summed E-state index contributed by atoms with van der Waals surface area (Å²) in [5, 5.41) is 8.62. The van der Waals surface area contributed by atoms with Gasteiger partial charge < -0.3 is 15.0 Å². The van der Waals surface area contributed by atoms with Crippen LogP contribution in [0, 0.1) is 5.92 Å². The molecule has 132 valence electrons. The van der Waals surface area contributed by atoms with Crippen LogP contribution in [-0.4, -0.2) is 58.4 Å². The number of aromatic nitrogens is 3. The lowest BCUT2D eigenvalue weighted by Crippen LogP contribution is -2.45. The number of nitrogens with zero attached hydrogens (tertiary/aromatic N) is 4. The SMILES string of the molecule is CCOCCCN1CCC(Nc2nn3c(=O)ccnc3s2)C(C)C1. The van der Waals surface area contributed by atoms with Gasteiger partial charge in [0.2, 0.25) is 10.1 Å². The topological polar surface area (TPSA) is 71.8 Å². The van der Waals surface area contributed by atoms with E-state index in [1.54, 1.807) is 0 Å². The van der Waals surface area contributed by atoms with E-state index in [0.29, 0.717) is 16.9 Å². The summed E-state index contributed by atoms with van der Waals surface area (Å²) in [5.41, 5.74) is -0.138. The van der Waals surface area contributed by atoms with Gasteiger partial charge in [0.25, 0.3) is 5.56 Å². The minimum absolute atomic E-state index is 0.138. The van der Waals surface area contributed by atoms with E-state index in [2.05, 4.69) is 27.2 Å². The highest BCUT2D eigenvalue weighted by Gasteiger charge is 2.26. The van der Waals surface area contributed by atoms with Gasteiger partial charge >= 0.3 is 0 Å². The standard InChI is InChI=1S/C16H25N5O2S/c1-3-23-10-4-8-20-9-6-13(12(2)11-20)18-15-19-21-14(22)5-7-17-16(21)24-15/h5,7,12-13H,3-4,6,8-11H2,1-2H3,(H,18,19). The Morgan fingerprint density at radius 1 is 1.50 bits per heavy atom. The van der Waals surface area contributed by atoms with Gasteiger partial charge in [-0.3, -0.25) is 4.79 Å². The van der Waals surface area contributed by atoms with Gasteiger partial charge in [-0.05, 0) is 25.7 Å². The Labute approximate surface area is 145 Å². The average molecular weight is 351 g/mol. The molecule has 3 rings (SSSR count). The Hall–Kier alpha value is -1.51. The van der Waals surface area contributed by atoms with Gasteiger partial charge in [0.05, 0.1) is 0 Å². The molecule has 0 saturated carbocycles. The van der Waals surface area contributed by atoms with Crippen molar-refractivity contribution in [3.8, 4) is 0 Å². The van der Waals surface area contributed by atoms with E-state index in [4.69, 9.17) is 4.74 Å². The summed E-state index contributed by atoms with van der Waals surface area (Å²) in [7, 11) is 0. The van der Waals surface area contributed by atoms with Crippen molar-refractivity contribution in [1.29, 1.82) is 0 Å². The molecule has 2 aromatic rings. The quantitative estimate of drug-likeness (QED) is 0.766. The molecule has 0 radical (unpaired) electrons. The van der Waals surface area contributed by atoms with E-state index in [0.717, 1.165) is 50.8 Å². The number of nitrogens with one attached hydrogen (secondary N) is 1. The predicted molar refractivity (Wildman–Crippen MR) is 95.9 cm³/mol. The maximum atomic E-state index is 11.8. The minimum atomic E-state index is -0.138. The molecule has 1 aliphatic heterocycles. The third-order valence-electron chi connectivity index (χ3n) is 4.44. The van der Waals surface area contributed by atoms with Gasteiger partial charge in [0.15, 0.2) is 0 Å². The van der Waals surface area contributed by atoms with Crippen LogP contribution in [0.3, 0.4) is 0 Å². The summed E-state index contributed by atoms with van der Waals surface area (Å²) in [5.74, 6) is 0.530. The van der Waals surface area contributed by atoms with E-state index in [1.807, 2.05) is 6.92 Å². The Morgan fingerprint density at radius 2 is 2.38 bits per heavy atom. The van der Waals surface area contributed by atoms with Crippen LogP contribution in [-0.2, 0) is 4.74 Å². The molecule has 1 aliphatic rings. The number of piperidine rings is 1. The van der Waals surface area contributed by atoms with E-state index in [1.165, 1.54) is 28.1 Å². The first-order chi connectivity index (χ1) is 11.7. The largest absolute Gasteiger partial charge is 0.382 e. The second-order valence-electron chi connectivity index (χ2n) is 6.25. The van der Waals surface area contributed by atoms with Gasteiger partial charge in [0, 0.05) is 51.2 Å². The first kappa shape index (κ1) is 17.3. The molecule has 24 heavy (non-hydrogen) atoms. The molecule has 1 N–H and O–H groups in total. The molecular weight excluding hydrogens is 326 g/mol. The smallest absolute Gasteiger partial charge is 0.275 e. The number of rotatable bonds is 7. The van der Waals surface area contributed by atoms with Gasteiger partial charge in [-0.2, -0.15) is 4.52 Å². The molecule has 1 fully saturated rings. The van der Waals surface area contributed by atoms with Crippen LogP contribution in [0.1, 0.15) is 26.7 Å². The monoisotopic (exact) mass is 351 g/mol. The predicted octanol–water partition coefficient (Wildman–Crippen LogP) is 1.70. The van der Waals surface area contributed by atoms with Crippen molar-refractivity contribution < 1.29 is 4.74 Å². The van der Waals surface area contributed by atoms with E-state index >= 15 is 0 Å². The molecular formula is C16H25N5O2S. The summed E-state index contributed by atoms with van der Waals surface area (Å²) in [6, 6.07) is 1.81. The highest BCUT2D eigenvalue weighted by molar-refractivity contribution is 7.20. The molecule has 0 amide bonds. The number of hydrogen-bond acceptors (Lipinski definition) is 7. The van der Waals surface area contributed by atoms with E-state index in [9.17, 15) is 4.79 Å². The first-order valence-corrected chi connectivity index (χ1v) is 9.40. The van der Waals surface area contributed by atoms with Crippen LogP contribution in [0.15, 0.2) is 17.1 Å². The lowest BCUT2D eigenvalue weighted by molar-refractivity contribution is 0.117. The zero-order chi connectivity index (χ0) is 16.9. The molecule has 0 aromatic carbocycles. The Bertz CT molecular complexity index is 716. The molecule has 2 aromatic heterocycles. The molecule has 0 spiro atoms. The van der Waals surface area contributed by atoms with Gasteiger partial charge in [0.1, 0.15) is 0 Å². The normalized spacial score (nSPS) is 22.1. The Kier molecular flexibility index (Phi) is 5.80. The van der Waals surface area contributed by atoms with E-state index < -0.39 is 0 Å². The summed E-state index contributed by atoms with van der Waals surface area (Å²) in [4.78, 5) is 19.1. The average Bonchev–Trinajstić information content (AvgIpc) is 2.98. The van der Waals surface area contributed by atoms with Crippen molar-refractivity contribution in [2.45, 2.75) is 32.7 Å². The van der Waals surface area contributed by atoms with E-state index in [-0.39, 0.29) is 5.56 Å². The molecule has 7 nitrogen and oxygen atoms in total. The van der Waals surface area contributed by atoms with Crippen molar-refractivity contribution >= 4 is 21.4 Å². The lowest BCUT2D eigenvalue weighted by Gasteiger charge is -2.37. The molecule has 1 saturated heterocycles. The Balaban J connectivity index is 1.54. The fraction of sp³-hybridized carbons (Fsp3) is 0.688. The van der Waals surface area contributed by atoms with Crippen molar-refractivity contribution in [1.82, 2.24) is 19.5 Å². The van der Waals surface area contributed by atoms with Crippen molar-refractivity contribution in [3.05, 3.63) is 22.6 Å². The molecule has 0 bridgehead atoms. The number of anilines is 1. The summed E-state index contributed by atoms with van der Waals surface area (Å²) < 4.78 is 6.77. The number of likely N-dealkylation sites (tertiary alicyclic amines) is 1. The third kappa shape index (κ3) is 4.12. The van der Waals surface area contributed by atoms with Crippen LogP contribution >= 0.6 is 11.3 Å². The molecule has 2 atom stereocenters. The van der Waals surface area contributed by atoms with Crippen LogP contribution in [0.5, 0.6) is 0 Å². The second-order valence-corrected chi connectivity index (χ2v) is 7.21.